The predicted molar refractivity (Wildman–Crippen MR) is 71.9 cm³/mol. The maximum atomic E-state index is 11.4. The largest absolute Gasteiger partial charge is 0.497 e. The molecule has 1 aromatic carbocycles. The van der Waals surface area contributed by atoms with Crippen molar-refractivity contribution in [3.63, 3.8) is 0 Å². The fourth-order valence-corrected chi connectivity index (χ4v) is 1.73. The van der Waals surface area contributed by atoms with Gasteiger partial charge in [0.15, 0.2) is 0 Å². The first-order valence-electron chi connectivity index (χ1n) is 5.57. The molecule has 0 radical (unpaired) electrons. The molecular weight excluding hydrogens is 250 g/mol. The van der Waals surface area contributed by atoms with Gasteiger partial charge in [-0.25, -0.2) is 13.1 Å². The van der Waals surface area contributed by atoms with Crippen molar-refractivity contribution in [2.24, 2.45) is 0 Å². The molecule has 0 bridgehead atoms. The number of rotatable bonds is 4. The van der Waals surface area contributed by atoms with Gasteiger partial charge in [0.1, 0.15) is 5.75 Å². The van der Waals surface area contributed by atoms with Crippen LogP contribution in [0.1, 0.15) is 19.4 Å². The van der Waals surface area contributed by atoms with Gasteiger partial charge in [-0.1, -0.05) is 11.8 Å². The van der Waals surface area contributed by atoms with Crippen LogP contribution in [-0.4, -0.2) is 27.3 Å². The van der Waals surface area contributed by atoms with Crippen LogP contribution in [-0.2, 0) is 10.0 Å². The molecule has 0 aromatic heterocycles. The Bertz CT molecular complexity index is 536. The molecule has 4 nitrogen and oxygen atoms in total. The lowest BCUT2D eigenvalue weighted by Gasteiger charge is -2.05. The van der Waals surface area contributed by atoms with Crippen LogP contribution in [0.5, 0.6) is 5.75 Å². The molecule has 0 heterocycles. The summed E-state index contributed by atoms with van der Waals surface area (Å²) in [4.78, 5) is 0. The van der Waals surface area contributed by atoms with E-state index in [4.69, 9.17) is 4.74 Å². The monoisotopic (exact) mass is 267 g/mol. The Kier molecular flexibility index (Phi) is 5.20. The van der Waals surface area contributed by atoms with Gasteiger partial charge in [-0.2, -0.15) is 0 Å². The maximum Gasteiger partial charge on any atom is 0.214 e. The van der Waals surface area contributed by atoms with Crippen LogP contribution in [0.4, 0.5) is 0 Å². The Hall–Kier alpha value is -1.51. The van der Waals surface area contributed by atoms with Crippen LogP contribution in [0.3, 0.4) is 0 Å². The summed E-state index contributed by atoms with van der Waals surface area (Å²) in [5.41, 5.74) is 0.819. The van der Waals surface area contributed by atoms with Crippen molar-refractivity contribution in [3.8, 4) is 17.6 Å². The number of sulfonamides is 1. The average Bonchev–Trinajstić information content (AvgIpc) is 2.35. The van der Waals surface area contributed by atoms with E-state index in [0.29, 0.717) is 0 Å². The number of benzene rings is 1. The Morgan fingerprint density at radius 3 is 2.39 bits per heavy atom. The maximum absolute atomic E-state index is 11.4. The highest BCUT2D eigenvalue weighted by molar-refractivity contribution is 7.90. The van der Waals surface area contributed by atoms with Gasteiger partial charge in [-0.3, -0.25) is 0 Å². The molecule has 5 heteroatoms. The second-order valence-electron chi connectivity index (χ2n) is 3.95. The molecular formula is C13H17NO3S. The van der Waals surface area contributed by atoms with Crippen molar-refractivity contribution in [1.29, 1.82) is 0 Å². The van der Waals surface area contributed by atoms with Crippen LogP contribution in [0, 0.1) is 11.8 Å². The molecule has 0 saturated carbocycles. The lowest BCUT2D eigenvalue weighted by Crippen LogP contribution is -2.30. The Morgan fingerprint density at radius 1 is 1.28 bits per heavy atom. The zero-order valence-electron chi connectivity index (χ0n) is 10.7. The van der Waals surface area contributed by atoms with Crippen molar-refractivity contribution in [2.75, 3.05) is 13.7 Å². The summed E-state index contributed by atoms with van der Waals surface area (Å²) < 4.78 is 30.3. The lowest BCUT2D eigenvalue weighted by atomic mass is 10.2. The molecule has 0 aliphatic carbocycles. The third-order valence-corrected chi connectivity index (χ3v) is 4.09. The molecule has 1 aromatic rings. The summed E-state index contributed by atoms with van der Waals surface area (Å²) in [5, 5.41) is -0.444. The van der Waals surface area contributed by atoms with Crippen molar-refractivity contribution in [2.45, 2.75) is 19.1 Å². The van der Waals surface area contributed by atoms with E-state index in [1.165, 1.54) is 0 Å². The van der Waals surface area contributed by atoms with Crippen molar-refractivity contribution in [3.05, 3.63) is 29.8 Å². The normalized spacial score (nSPS) is 10.9. The SMILES string of the molecule is COc1ccc(C#CCNS(=O)(=O)C(C)C)cc1. The summed E-state index contributed by atoms with van der Waals surface area (Å²) in [5.74, 6) is 6.41. The smallest absolute Gasteiger partial charge is 0.214 e. The zero-order valence-corrected chi connectivity index (χ0v) is 11.5. The second-order valence-corrected chi connectivity index (χ2v) is 6.27. The summed E-state index contributed by atoms with van der Waals surface area (Å²) >= 11 is 0. The standard InChI is InChI=1S/C13H17NO3S/c1-11(2)18(15,16)14-10-4-5-12-6-8-13(17-3)9-7-12/h6-9,11,14H,10H2,1-3H3. The molecule has 18 heavy (non-hydrogen) atoms. The number of hydrogen-bond donors (Lipinski definition) is 1. The van der Waals surface area contributed by atoms with E-state index in [-0.39, 0.29) is 6.54 Å². The van der Waals surface area contributed by atoms with Crippen molar-refractivity contribution < 1.29 is 13.2 Å². The van der Waals surface area contributed by atoms with E-state index in [1.54, 1.807) is 21.0 Å². The van der Waals surface area contributed by atoms with Crippen molar-refractivity contribution >= 4 is 10.0 Å². The van der Waals surface area contributed by atoms with Gasteiger partial charge in [-0.05, 0) is 38.1 Å². The fourth-order valence-electron chi connectivity index (χ4n) is 1.12. The molecule has 0 fully saturated rings. The third kappa shape index (κ3) is 4.40. The minimum Gasteiger partial charge on any atom is -0.497 e. The van der Waals surface area contributed by atoms with Crippen LogP contribution in [0.15, 0.2) is 24.3 Å². The highest BCUT2D eigenvalue weighted by Crippen LogP contribution is 2.09. The highest BCUT2D eigenvalue weighted by atomic mass is 32.2. The molecule has 0 spiro atoms. The van der Waals surface area contributed by atoms with Gasteiger partial charge in [0.2, 0.25) is 10.0 Å². The minimum absolute atomic E-state index is 0.118. The molecule has 0 unspecified atom stereocenters. The number of nitrogens with one attached hydrogen (secondary N) is 1. The van der Waals surface area contributed by atoms with E-state index in [9.17, 15) is 8.42 Å². The Balaban J connectivity index is 2.56. The summed E-state index contributed by atoms with van der Waals surface area (Å²) in [7, 11) is -1.64. The molecule has 0 aliphatic heterocycles. The van der Waals surface area contributed by atoms with Gasteiger partial charge in [0, 0.05) is 5.56 Å². The molecule has 0 amide bonds. The Morgan fingerprint density at radius 2 is 1.89 bits per heavy atom. The number of methoxy groups -OCH3 is 1. The van der Waals surface area contributed by atoms with Gasteiger partial charge < -0.3 is 4.74 Å². The average molecular weight is 267 g/mol. The van der Waals surface area contributed by atoms with E-state index in [1.807, 2.05) is 24.3 Å². The van der Waals surface area contributed by atoms with E-state index < -0.39 is 15.3 Å². The topological polar surface area (TPSA) is 55.4 Å². The van der Waals surface area contributed by atoms with Crippen LogP contribution in [0.2, 0.25) is 0 Å². The predicted octanol–water partition coefficient (Wildman–Crippen LogP) is 1.37. The van der Waals surface area contributed by atoms with E-state index in [2.05, 4.69) is 16.6 Å². The Labute approximate surface area is 108 Å². The first-order chi connectivity index (χ1) is 8.45. The van der Waals surface area contributed by atoms with E-state index in [0.717, 1.165) is 11.3 Å². The molecule has 1 rings (SSSR count). The lowest BCUT2D eigenvalue weighted by molar-refractivity contribution is 0.415. The van der Waals surface area contributed by atoms with Gasteiger partial charge in [-0.15, -0.1) is 0 Å². The second kappa shape index (κ2) is 6.43. The van der Waals surface area contributed by atoms with E-state index >= 15 is 0 Å². The van der Waals surface area contributed by atoms with Gasteiger partial charge in [0.25, 0.3) is 0 Å². The molecule has 0 aliphatic rings. The third-order valence-electron chi connectivity index (χ3n) is 2.31. The zero-order chi connectivity index (χ0) is 13.6. The summed E-state index contributed by atoms with van der Waals surface area (Å²) in [6.45, 7) is 3.37. The molecule has 98 valence electrons. The molecule has 1 N–H and O–H groups in total. The van der Waals surface area contributed by atoms with Crippen molar-refractivity contribution in [1.82, 2.24) is 4.72 Å². The first-order valence-corrected chi connectivity index (χ1v) is 7.12. The quantitative estimate of drug-likeness (QED) is 0.838. The van der Waals surface area contributed by atoms with Gasteiger partial charge in [0.05, 0.1) is 18.9 Å². The van der Waals surface area contributed by atoms with Crippen LogP contribution >= 0.6 is 0 Å². The number of hydrogen-bond acceptors (Lipinski definition) is 3. The van der Waals surface area contributed by atoms with Gasteiger partial charge >= 0.3 is 0 Å². The fraction of sp³-hybridized carbons (Fsp3) is 0.385. The summed E-state index contributed by atoms with van der Waals surface area (Å²) in [6.07, 6.45) is 0. The first kappa shape index (κ1) is 14.6. The molecule has 0 atom stereocenters. The summed E-state index contributed by atoms with van der Waals surface area (Å²) in [6, 6.07) is 7.26. The van der Waals surface area contributed by atoms with Crippen LogP contribution in [0.25, 0.3) is 0 Å². The minimum atomic E-state index is -3.24. The highest BCUT2D eigenvalue weighted by Gasteiger charge is 2.13. The van der Waals surface area contributed by atoms with Crippen LogP contribution < -0.4 is 9.46 Å². The molecule has 0 saturated heterocycles. The number of ether oxygens (including phenoxy) is 1.